The number of halogens is 1. The minimum Gasteiger partial charge on any atom is -0.495 e. The molecule has 0 unspecified atom stereocenters. The molecule has 16 heavy (non-hydrogen) atoms. The average molecular weight is 288 g/mol. The number of benzene rings is 1. The lowest BCUT2D eigenvalue weighted by Crippen LogP contribution is -2.05. The third-order valence-electron chi connectivity index (χ3n) is 2.53. The van der Waals surface area contributed by atoms with Gasteiger partial charge in [0, 0.05) is 12.1 Å². The van der Waals surface area contributed by atoms with E-state index in [0.717, 1.165) is 27.1 Å². The molecule has 0 spiro atoms. The zero-order valence-corrected chi connectivity index (χ0v) is 11.7. The highest BCUT2D eigenvalue weighted by Gasteiger charge is 2.18. The predicted octanol–water partition coefficient (Wildman–Crippen LogP) is 3.05. The molecule has 0 heterocycles. The molecule has 2 N–H and O–H groups in total. The highest BCUT2D eigenvalue weighted by molar-refractivity contribution is 9.10. The normalized spacial score (nSPS) is 10.7. The minimum absolute atomic E-state index is 0.377. The summed E-state index contributed by atoms with van der Waals surface area (Å²) in [6.45, 7) is 4.69. The van der Waals surface area contributed by atoms with Gasteiger partial charge >= 0.3 is 0 Å². The van der Waals surface area contributed by atoms with Crippen LogP contribution in [0.1, 0.15) is 30.9 Å². The van der Waals surface area contributed by atoms with E-state index in [9.17, 15) is 0 Å². The Morgan fingerprint density at radius 1 is 1.25 bits per heavy atom. The van der Waals surface area contributed by atoms with E-state index in [1.165, 1.54) is 0 Å². The zero-order valence-electron chi connectivity index (χ0n) is 10.1. The second-order valence-corrected chi connectivity index (χ2v) is 4.66. The van der Waals surface area contributed by atoms with Crippen molar-refractivity contribution < 1.29 is 9.47 Å². The van der Waals surface area contributed by atoms with Crippen molar-refractivity contribution in [3.05, 3.63) is 21.7 Å². The van der Waals surface area contributed by atoms with Crippen molar-refractivity contribution >= 4 is 15.9 Å². The molecule has 0 radical (unpaired) electrons. The van der Waals surface area contributed by atoms with Crippen molar-refractivity contribution in [2.24, 2.45) is 5.73 Å². The summed E-state index contributed by atoms with van der Waals surface area (Å²) < 4.78 is 11.6. The zero-order chi connectivity index (χ0) is 12.3. The van der Waals surface area contributed by atoms with Gasteiger partial charge in [-0.25, -0.2) is 0 Å². The van der Waals surface area contributed by atoms with Crippen LogP contribution in [0.5, 0.6) is 11.5 Å². The number of hydrogen-bond donors (Lipinski definition) is 1. The van der Waals surface area contributed by atoms with E-state index in [0.29, 0.717) is 12.5 Å². The average Bonchev–Trinajstić information content (AvgIpc) is 2.27. The lowest BCUT2D eigenvalue weighted by Gasteiger charge is -2.18. The lowest BCUT2D eigenvalue weighted by molar-refractivity contribution is 0.382. The Hall–Kier alpha value is -0.740. The Morgan fingerprint density at radius 3 is 2.19 bits per heavy atom. The summed E-state index contributed by atoms with van der Waals surface area (Å²) in [4.78, 5) is 0. The molecule has 0 aromatic heterocycles. The van der Waals surface area contributed by atoms with Crippen LogP contribution < -0.4 is 15.2 Å². The monoisotopic (exact) mass is 287 g/mol. The van der Waals surface area contributed by atoms with Gasteiger partial charge in [-0.3, -0.25) is 0 Å². The van der Waals surface area contributed by atoms with Crippen LogP contribution in [0.3, 0.4) is 0 Å². The molecular weight excluding hydrogens is 270 g/mol. The van der Waals surface area contributed by atoms with Gasteiger partial charge < -0.3 is 15.2 Å². The van der Waals surface area contributed by atoms with Gasteiger partial charge in [0.2, 0.25) is 0 Å². The van der Waals surface area contributed by atoms with Gasteiger partial charge in [-0.2, -0.15) is 0 Å². The lowest BCUT2D eigenvalue weighted by atomic mass is 9.99. The minimum atomic E-state index is 0.377. The maximum atomic E-state index is 5.71. The summed E-state index contributed by atoms with van der Waals surface area (Å²) in [7, 11) is 3.29. The van der Waals surface area contributed by atoms with Crippen LogP contribution in [0.2, 0.25) is 0 Å². The molecule has 90 valence electrons. The molecule has 0 aliphatic rings. The molecule has 1 rings (SSSR count). The molecule has 0 saturated heterocycles. The Morgan fingerprint density at radius 2 is 1.81 bits per heavy atom. The van der Waals surface area contributed by atoms with Gasteiger partial charge in [-0.15, -0.1) is 0 Å². The van der Waals surface area contributed by atoms with Crippen molar-refractivity contribution in [1.29, 1.82) is 0 Å². The summed E-state index contributed by atoms with van der Waals surface area (Å²) in [6, 6.07) is 2.05. The number of methoxy groups -OCH3 is 2. The second-order valence-electron chi connectivity index (χ2n) is 3.86. The van der Waals surface area contributed by atoms with Crippen LogP contribution in [0.15, 0.2) is 10.5 Å². The first-order chi connectivity index (χ1) is 7.56. The fourth-order valence-electron chi connectivity index (χ4n) is 1.70. The molecule has 0 amide bonds. The molecule has 0 atom stereocenters. The van der Waals surface area contributed by atoms with Crippen molar-refractivity contribution in [1.82, 2.24) is 0 Å². The quantitative estimate of drug-likeness (QED) is 0.926. The standard InChI is InChI=1S/C12H18BrNO2/c1-7(2)9-5-8(6-14)11(15-3)10(13)12(9)16-4/h5,7H,6,14H2,1-4H3. The highest BCUT2D eigenvalue weighted by atomic mass is 79.9. The van der Waals surface area contributed by atoms with Gasteiger partial charge in [0.1, 0.15) is 16.0 Å². The van der Waals surface area contributed by atoms with Gasteiger partial charge in [-0.1, -0.05) is 13.8 Å². The fraction of sp³-hybridized carbons (Fsp3) is 0.500. The van der Waals surface area contributed by atoms with E-state index in [1.54, 1.807) is 14.2 Å². The molecule has 0 saturated carbocycles. The molecule has 4 heteroatoms. The fourth-order valence-corrected chi connectivity index (χ4v) is 2.51. The maximum absolute atomic E-state index is 5.71. The second kappa shape index (κ2) is 5.55. The number of rotatable bonds is 4. The van der Waals surface area contributed by atoms with Crippen LogP contribution in [0, 0.1) is 0 Å². The predicted molar refractivity (Wildman–Crippen MR) is 69.2 cm³/mol. The topological polar surface area (TPSA) is 44.5 Å². The first kappa shape index (κ1) is 13.3. The Labute approximate surface area is 105 Å². The van der Waals surface area contributed by atoms with Crippen molar-refractivity contribution in [2.75, 3.05) is 14.2 Å². The molecule has 0 fully saturated rings. The van der Waals surface area contributed by atoms with Crippen LogP contribution in [-0.2, 0) is 6.54 Å². The largest absolute Gasteiger partial charge is 0.495 e. The molecule has 0 bridgehead atoms. The third-order valence-corrected chi connectivity index (χ3v) is 3.25. The summed E-state index contributed by atoms with van der Waals surface area (Å²) in [6.07, 6.45) is 0. The Kier molecular flexibility index (Phi) is 4.62. The van der Waals surface area contributed by atoms with E-state index in [2.05, 4.69) is 29.8 Å². The molecular formula is C12H18BrNO2. The van der Waals surface area contributed by atoms with E-state index in [1.807, 2.05) is 6.07 Å². The Bertz CT molecular complexity index is 378. The SMILES string of the molecule is COc1c(CN)cc(C(C)C)c(OC)c1Br. The third kappa shape index (κ3) is 2.33. The summed E-state index contributed by atoms with van der Waals surface area (Å²) >= 11 is 3.51. The van der Waals surface area contributed by atoms with Crippen LogP contribution >= 0.6 is 15.9 Å². The summed E-state index contributed by atoms with van der Waals surface area (Å²) in [5, 5.41) is 0. The van der Waals surface area contributed by atoms with Crippen LogP contribution in [-0.4, -0.2) is 14.2 Å². The van der Waals surface area contributed by atoms with Crippen molar-refractivity contribution in [3.8, 4) is 11.5 Å². The molecule has 0 aliphatic heterocycles. The van der Waals surface area contributed by atoms with Gasteiger partial charge in [0.05, 0.1) is 14.2 Å². The van der Waals surface area contributed by atoms with E-state index >= 15 is 0 Å². The molecule has 1 aromatic rings. The first-order valence-electron chi connectivity index (χ1n) is 5.20. The van der Waals surface area contributed by atoms with Crippen molar-refractivity contribution in [3.63, 3.8) is 0 Å². The highest BCUT2D eigenvalue weighted by Crippen LogP contribution is 2.42. The van der Waals surface area contributed by atoms with Gasteiger partial charge in [0.25, 0.3) is 0 Å². The van der Waals surface area contributed by atoms with Gasteiger partial charge in [-0.05, 0) is 33.5 Å². The summed E-state index contributed by atoms with van der Waals surface area (Å²) in [5.74, 6) is 1.95. The number of ether oxygens (including phenoxy) is 2. The smallest absolute Gasteiger partial charge is 0.141 e. The van der Waals surface area contributed by atoms with Crippen molar-refractivity contribution in [2.45, 2.75) is 26.3 Å². The molecule has 0 aliphatic carbocycles. The van der Waals surface area contributed by atoms with Gasteiger partial charge in [0.15, 0.2) is 0 Å². The number of hydrogen-bond acceptors (Lipinski definition) is 3. The van der Waals surface area contributed by atoms with E-state index in [4.69, 9.17) is 15.2 Å². The molecule has 1 aromatic carbocycles. The number of nitrogens with two attached hydrogens (primary N) is 1. The van der Waals surface area contributed by atoms with Crippen LogP contribution in [0.25, 0.3) is 0 Å². The first-order valence-corrected chi connectivity index (χ1v) is 5.99. The summed E-state index contributed by atoms with van der Waals surface area (Å²) in [5.41, 5.74) is 7.83. The Balaban J connectivity index is 3.47. The van der Waals surface area contributed by atoms with E-state index < -0.39 is 0 Å². The van der Waals surface area contributed by atoms with E-state index in [-0.39, 0.29) is 0 Å². The van der Waals surface area contributed by atoms with Crippen LogP contribution in [0.4, 0.5) is 0 Å². The maximum Gasteiger partial charge on any atom is 0.141 e. The molecule has 3 nitrogen and oxygen atoms in total.